The van der Waals surface area contributed by atoms with E-state index in [0.717, 1.165) is 11.8 Å². The molecule has 3 atom stereocenters. The lowest BCUT2D eigenvalue weighted by Crippen LogP contribution is -2.60. The van der Waals surface area contributed by atoms with Crippen LogP contribution < -0.4 is 5.32 Å². The molecule has 0 spiro atoms. The van der Waals surface area contributed by atoms with Crippen molar-refractivity contribution in [1.29, 1.82) is 0 Å². The number of amides is 3. The van der Waals surface area contributed by atoms with Crippen molar-refractivity contribution in [3.8, 4) is 0 Å². The SMILES string of the molecule is CNC(=O)O[C@H]1C[C@@H](C)[N@@+](C(=O)O)(C(=O)CSC(C)=O)C1. The lowest BCUT2D eigenvalue weighted by atomic mass is 10.2. The number of hydrogen-bond donors (Lipinski definition) is 2. The van der Waals surface area contributed by atoms with E-state index < -0.39 is 34.7 Å². The summed E-state index contributed by atoms with van der Waals surface area (Å²) >= 11 is 0.776. The van der Waals surface area contributed by atoms with Crippen LogP contribution in [0.15, 0.2) is 0 Å². The van der Waals surface area contributed by atoms with E-state index in [-0.39, 0.29) is 23.8 Å². The first kappa shape index (κ1) is 17.4. The predicted molar refractivity (Wildman–Crippen MR) is 74.7 cm³/mol. The Hall–Kier alpha value is -1.61. The summed E-state index contributed by atoms with van der Waals surface area (Å²) in [6.45, 7) is 2.81. The Morgan fingerprint density at radius 2 is 2.00 bits per heavy atom. The van der Waals surface area contributed by atoms with Gasteiger partial charge in [-0.05, 0) is 6.92 Å². The molecule has 118 valence electrons. The second-order valence-electron chi connectivity index (χ2n) is 4.87. The number of ether oxygens (including phenoxy) is 1. The first-order chi connectivity index (χ1) is 9.73. The second-order valence-corrected chi connectivity index (χ2v) is 6.02. The van der Waals surface area contributed by atoms with E-state index in [4.69, 9.17) is 4.74 Å². The number of imide groups is 1. The molecule has 21 heavy (non-hydrogen) atoms. The molecule has 0 aromatic rings. The molecule has 3 amide bonds. The number of carboxylic acid groups (broad SMARTS) is 1. The van der Waals surface area contributed by atoms with Gasteiger partial charge in [0.25, 0.3) is 0 Å². The lowest BCUT2D eigenvalue weighted by molar-refractivity contribution is -0.792. The van der Waals surface area contributed by atoms with Crippen molar-refractivity contribution in [3.63, 3.8) is 0 Å². The molecule has 8 nitrogen and oxygen atoms in total. The standard InChI is InChI=1S/C12H18N2O6S/c1-7-4-9(20-11(17)13-3)5-14(7,12(18)19)10(16)6-21-8(2)15/h7,9H,4-6H2,1-3H3,(H-,13,17,18,19)/p+1/t7-,9+,14-/m1/s1. The zero-order valence-corrected chi connectivity index (χ0v) is 12.9. The number of rotatable bonds is 3. The van der Waals surface area contributed by atoms with E-state index in [9.17, 15) is 24.3 Å². The maximum Gasteiger partial charge on any atom is 0.521 e. The molecular formula is C12H19N2O6S+. The lowest BCUT2D eigenvalue weighted by Gasteiger charge is -2.29. The molecule has 0 saturated carbocycles. The van der Waals surface area contributed by atoms with Crippen molar-refractivity contribution in [1.82, 2.24) is 5.32 Å². The molecule has 1 aliphatic heterocycles. The van der Waals surface area contributed by atoms with Crippen LogP contribution >= 0.6 is 11.8 Å². The highest BCUT2D eigenvalue weighted by atomic mass is 32.2. The zero-order chi connectivity index (χ0) is 16.2. The van der Waals surface area contributed by atoms with E-state index in [1.165, 1.54) is 14.0 Å². The van der Waals surface area contributed by atoms with Gasteiger partial charge in [0.15, 0.2) is 11.2 Å². The number of nitrogens with one attached hydrogen (secondary N) is 1. The van der Waals surface area contributed by atoms with E-state index >= 15 is 0 Å². The highest BCUT2D eigenvalue weighted by Crippen LogP contribution is 2.31. The van der Waals surface area contributed by atoms with Crippen LogP contribution in [0.4, 0.5) is 9.59 Å². The Kier molecular flexibility index (Phi) is 5.73. The second kappa shape index (κ2) is 6.90. The summed E-state index contributed by atoms with van der Waals surface area (Å²) in [7, 11) is 1.40. The van der Waals surface area contributed by atoms with Crippen LogP contribution in [-0.4, -0.2) is 64.3 Å². The largest absolute Gasteiger partial charge is 0.521 e. The summed E-state index contributed by atoms with van der Waals surface area (Å²) in [5.41, 5.74) is 0. The molecule has 9 heteroatoms. The zero-order valence-electron chi connectivity index (χ0n) is 12.1. The molecule has 0 bridgehead atoms. The Labute approximate surface area is 126 Å². The maximum absolute atomic E-state index is 12.3. The minimum absolute atomic E-state index is 0.124. The fourth-order valence-electron chi connectivity index (χ4n) is 2.43. The van der Waals surface area contributed by atoms with Gasteiger partial charge in [0.05, 0.1) is 0 Å². The van der Waals surface area contributed by atoms with Crippen molar-refractivity contribution in [3.05, 3.63) is 0 Å². The number of likely N-dealkylation sites (tertiary alicyclic amines) is 1. The molecule has 0 radical (unpaired) electrons. The average Bonchev–Trinajstić information content (AvgIpc) is 2.73. The summed E-state index contributed by atoms with van der Waals surface area (Å²) in [6.07, 6.45) is -2.33. The Bertz CT molecular complexity index is 469. The average molecular weight is 319 g/mol. The fraction of sp³-hybridized carbons (Fsp3) is 0.667. The number of alkyl carbamates (subject to hydrolysis) is 1. The Balaban J connectivity index is 2.90. The van der Waals surface area contributed by atoms with E-state index in [0.29, 0.717) is 0 Å². The van der Waals surface area contributed by atoms with Gasteiger partial charge in [-0.15, -0.1) is 0 Å². The van der Waals surface area contributed by atoms with Crippen molar-refractivity contribution in [2.24, 2.45) is 0 Å². The first-order valence-electron chi connectivity index (χ1n) is 6.40. The quantitative estimate of drug-likeness (QED) is 0.740. The van der Waals surface area contributed by atoms with Gasteiger partial charge in [0, 0.05) is 20.4 Å². The molecular weight excluding hydrogens is 300 g/mol. The van der Waals surface area contributed by atoms with Crippen molar-refractivity contribution in [2.75, 3.05) is 19.3 Å². The fourth-order valence-corrected chi connectivity index (χ4v) is 2.99. The van der Waals surface area contributed by atoms with E-state index in [1.54, 1.807) is 6.92 Å². The molecule has 1 aliphatic rings. The van der Waals surface area contributed by atoms with Crippen LogP contribution in [-0.2, 0) is 14.3 Å². The number of quaternary nitrogens is 1. The van der Waals surface area contributed by atoms with Crippen LogP contribution in [0.2, 0.25) is 0 Å². The van der Waals surface area contributed by atoms with Gasteiger partial charge in [-0.2, -0.15) is 9.28 Å². The number of carbonyl (C=O) groups excluding carboxylic acids is 3. The molecule has 1 fully saturated rings. The van der Waals surface area contributed by atoms with Gasteiger partial charge >= 0.3 is 18.1 Å². The normalized spacial score (nSPS) is 28.0. The number of nitrogens with zero attached hydrogens (tertiary/aromatic N) is 1. The molecule has 0 aromatic heterocycles. The van der Waals surface area contributed by atoms with Gasteiger partial charge in [0.1, 0.15) is 18.3 Å². The van der Waals surface area contributed by atoms with Gasteiger partial charge in [0.2, 0.25) is 0 Å². The minimum Gasteiger partial charge on any atom is -0.440 e. The number of hydrogen-bond acceptors (Lipinski definition) is 6. The minimum atomic E-state index is -1.29. The molecule has 0 unspecified atom stereocenters. The third-order valence-corrected chi connectivity index (χ3v) is 4.31. The van der Waals surface area contributed by atoms with Gasteiger partial charge in [-0.3, -0.25) is 4.79 Å². The predicted octanol–water partition coefficient (Wildman–Crippen LogP) is 0.804. The Morgan fingerprint density at radius 3 is 2.48 bits per heavy atom. The van der Waals surface area contributed by atoms with Crippen LogP contribution in [0.1, 0.15) is 20.3 Å². The van der Waals surface area contributed by atoms with E-state index in [1.807, 2.05) is 0 Å². The first-order valence-corrected chi connectivity index (χ1v) is 7.39. The Morgan fingerprint density at radius 1 is 1.38 bits per heavy atom. The van der Waals surface area contributed by atoms with Crippen molar-refractivity contribution >= 4 is 35.0 Å². The topological polar surface area (TPSA) is 110 Å². The number of carbonyl (C=O) groups is 4. The third-order valence-electron chi connectivity index (χ3n) is 3.51. The smallest absolute Gasteiger partial charge is 0.440 e. The monoisotopic (exact) mass is 319 g/mol. The van der Waals surface area contributed by atoms with Gasteiger partial charge < -0.3 is 15.2 Å². The molecule has 1 rings (SSSR count). The summed E-state index contributed by atoms with van der Waals surface area (Å²) in [4.78, 5) is 46.1. The summed E-state index contributed by atoms with van der Waals surface area (Å²) in [5, 5.41) is 11.5. The molecule has 0 aliphatic carbocycles. The van der Waals surface area contributed by atoms with Gasteiger partial charge in [-0.1, -0.05) is 11.8 Å². The molecule has 2 N–H and O–H groups in total. The summed E-state index contributed by atoms with van der Waals surface area (Å²) < 4.78 is 4.24. The molecule has 1 heterocycles. The van der Waals surface area contributed by atoms with Crippen molar-refractivity contribution in [2.45, 2.75) is 32.4 Å². The third kappa shape index (κ3) is 3.73. The van der Waals surface area contributed by atoms with Crippen LogP contribution in [0.25, 0.3) is 0 Å². The molecule has 0 aromatic carbocycles. The van der Waals surface area contributed by atoms with E-state index in [2.05, 4.69) is 5.32 Å². The summed E-state index contributed by atoms with van der Waals surface area (Å²) in [6, 6.07) is -0.530. The maximum atomic E-state index is 12.3. The highest BCUT2D eigenvalue weighted by molar-refractivity contribution is 8.14. The molecule has 1 saturated heterocycles. The van der Waals surface area contributed by atoms with Gasteiger partial charge in [-0.25, -0.2) is 9.59 Å². The van der Waals surface area contributed by atoms with Crippen molar-refractivity contribution < 1.29 is 33.5 Å². The summed E-state index contributed by atoms with van der Waals surface area (Å²) in [5.74, 6) is -0.781. The highest BCUT2D eigenvalue weighted by Gasteiger charge is 2.57. The van der Waals surface area contributed by atoms with Crippen LogP contribution in [0.5, 0.6) is 0 Å². The number of thioether (sulfide) groups is 1. The van der Waals surface area contributed by atoms with Crippen LogP contribution in [0, 0.1) is 0 Å². The van der Waals surface area contributed by atoms with Crippen LogP contribution in [0.3, 0.4) is 0 Å².